The Bertz CT molecular complexity index is 458. The van der Waals surface area contributed by atoms with Crippen molar-refractivity contribution in [2.75, 3.05) is 31.7 Å². The molecule has 2 rings (SSSR count). The molecule has 5 nitrogen and oxygen atoms in total. The van der Waals surface area contributed by atoms with Gasteiger partial charge in [0, 0.05) is 13.7 Å². The molecule has 1 aromatic rings. The number of rotatable bonds is 4. The molecule has 1 aliphatic rings. The lowest BCUT2D eigenvalue weighted by molar-refractivity contribution is -0.121. The predicted molar refractivity (Wildman–Crippen MR) is 73.5 cm³/mol. The predicted octanol–water partition coefficient (Wildman–Crippen LogP) is 1.08. The fraction of sp³-hybridized carbons (Fsp3) is 0.500. The van der Waals surface area contributed by atoms with Crippen molar-refractivity contribution in [3.05, 3.63) is 23.8 Å². The molecular weight excluding hydrogens is 244 g/mol. The number of benzene rings is 1. The second-order valence-corrected chi connectivity index (χ2v) is 4.66. The van der Waals surface area contributed by atoms with Gasteiger partial charge in [-0.05, 0) is 24.6 Å². The van der Waals surface area contributed by atoms with Crippen molar-refractivity contribution in [1.82, 2.24) is 0 Å². The number of carbonyl (C=O) groups is 1. The van der Waals surface area contributed by atoms with Crippen LogP contribution in [0.2, 0.25) is 0 Å². The van der Waals surface area contributed by atoms with Gasteiger partial charge in [-0.15, -0.1) is 0 Å². The Labute approximate surface area is 113 Å². The van der Waals surface area contributed by atoms with E-state index >= 15 is 0 Å². The van der Waals surface area contributed by atoms with Crippen LogP contribution in [0.5, 0.6) is 5.75 Å². The highest BCUT2D eigenvalue weighted by Crippen LogP contribution is 2.32. The fourth-order valence-corrected chi connectivity index (χ4v) is 2.15. The highest BCUT2D eigenvalue weighted by atomic mass is 16.5. The Morgan fingerprint density at radius 2 is 2.37 bits per heavy atom. The Morgan fingerprint density at radius 3 is 3.05 bits per heavy atom. The SMILES string of the molecule is COC(CN)CC(=O)N1CCOc2cc(C)ccc21. The first-order valence-electron chi connectivity index (χ1n) is 6.42. The van der Waals surface area contributed by atoms with Crippen LogP contribution in [0.3, 0.4) is 0 Å². The van der Waals surface area contributed by atoms with E-state index in [1.807, 2.05) is 25.1 Å². The first-order valence-corrected chi connectivity index (χ1v) is 6.42. The van der Waals surface area contributed by atoms with E-state index in [-0.39, 0.29) is 12.0 Å². The fourth-order valence-electron chi connectivity index (χ4n) is 2.15. The summed E-state index contributed by atoms with van der Waals surface area (Å²) in [6, 6.07) is 5.85. The Balaban J connectivity index is 2.16. The molecule has 0 fully saturated rings. The van der Waals surface area contributed by atoms with Crippen molar-refractivity contribution in [2.45, 2.75) is 19.4 Å². The minimum absolute atomic E-state index is 0.0192. The highest BCUT2D eigenvalue weighted by molar-refractivity contribution is 5.95. The molecule has 2 N–H and O–H groups in total. The van der Waals surface area contributed by atoms with Crippen molar-refractivity contribution in [3.8, 4) is 5.75 Å². The largest absolute Gasteiger partial charge is 0.490 e. The summed E-state index contributed by atoms with van der Waals surface area (Å²) in [4.78, 5) is 14.1. The average Bonchev–Trinajstić information content (AvgIpc) is 2.43. The lowest BCUT2D eigenvalue weighted by Crippen LogP contribution is -2.40. The van der Waals surface area contributed by atoms with Crippen molar-refractivity contribution in [2.24, 2.45) is 5.73 Å². The molecule has 0 radical (unpaired) electrons. The van der Waals surface area contributed by atoms with Gasteiger partial charge in [-0.1, -0.05) is 6.07 Å². The zero-order valence-electron chi connectivity index (χ0n) is 11.4. The lowest BCUT2D eigenvalue weighted by Gasteiger charge is -2.30. The van der Waals surface area contributed by atoms with E-state index in [0.717, 1.165) is 17.0 Å². The molecule has 0 bridgehead atoms. The third-order valence-electron chi connectivity index (χ3n) is 3.28. The van der Waals surface area contributed by atoms with E-state index < -0.39 is 0 Å². The molecule has 1 aliphatic heterocycles. The molecule has 1 amide bonds. The summed E-state index contributed by atoms with van der Waals surface area (Å²) >= 11 is 0. The van der Waals surface area contributed by atoms with Gasteiger partial charge in [0.05, 0.1) is 24.8 Å². The van der Waals surface area contributed by atoms with Crippen LogP contribution in [0, 0.1) is 6.92 Å². The molecule has 1 unspecified atom stereocenters. The second-order valence-electron chi connectivity index (χ2n) is 4.66. The molecule has 0 spiro atoms. The van der Waals surface area contributed by atoms with Crippen LogP contribution in [0.15, 0.2) is 18.2 Å². The van der Waals surface area contributed by atoms with Crippen LogP contribution in [-0.2, 0) is 9.53 Å². The number of aryl methyl sites for hydroxylation is 1. The molecule has 1 aromatic carbocycles. The van der Waals surface area contributed by atoms with E-state index in [1.54, 1.807) is 12.0 Å². The number of nitrogens with two attached hydrogens (primary N) is 1. The maximum Gasteiger partial charge on any atom is 0.229 e. The Morgan fingerprint density at radius 1 is 1.58 bits per heavy atom. The zero-order chi connectivity index (χ0) is 13.8. The number of ether oxygens (including phenoxy) is 2. The molecule has 104 valence electrons. The van der Waals surface area contributed by atoms with Crippen molar-refractivity contribution < 1.29 is 14.3 Å². The third kappa shape index (κ3) is 3.05. The number of carbonyl (C=O) groups excluding carboxylic acids is 1. The van der Waals surface area contributed by atoms with Crippen molar-refractivity contribution in [3.63, 3.8) is 0 Å². The van der Waals surface area contributed by atoms with Gasteiger partial charge in [0.25, 0.3) is 0 Å². The maximum atomic E-state index is 12.3. The second kappa shape index (κ2) is 6.04. The monoisotopic (exact) mass is 264 g/mol. The van der Waals surface area contributed by atoms with Gasteiger partial charge >= 0.3 is 0 Å². The number of anilines is 1. The van der Waals surface area contributed by atoms with Crippen LogP contribution < -0.4 is 15.4 Å². The van der Waals surface area contributed by atoms with Crippen molar-refractivity contribution >= 4 is 11.6 Å². The summed E-state index contributed by atoms with van der Waals surface area (Å²) in [5.41, 5.74) is 7.50. The number of fused-ring (bicyclic) bond motifs is 1. The summed E-state index contributed by atoms with van der Waals surface area (Å²) in [5.74, 6) is 0.784. The van der Waals surface area contributed by atoms with Gasteiger partial charge in [-0.25, -0.2) is 0 Å². The molecule has 0 aromatic heterocycles. The standard InChI is InChI=1S/C14H20N2O3/c1-10-3-4-12-13(7-10)19-6-5-16(12)14(17)8-11(9-15)18-2/h3-4,7,11H,5-6,8-9,15H2,1-2H3. The van der Waals surface area contributed by atoms with Crippen LogP contribution in [0.4, 0.5) is 5.69 Å². The van der Waals surface area contributed by atoms with Crippen LogP contribution in [0.25, 0.3) is 0 Å². The normalized spacial score (nSPS) is 15.6. The smallest absolute Gasteiger partial charge is 0.229 e. The molecule has 1 heterocycles. The summed E-state index contributed by atoms with van der Waals surface area (Å²) in [6.45, 7) is 3.42. The summed E-state index contributed by atoms with van der Waals surface area (Å²) in [6.07, 6.45) is 0.0598. The van der Waals surface area contributed by atoms with E-state index in [1.165, 1.54) is 0 Å². The van der Waals surface area contributed by atoms with E-state index in [4.69, 9.17) is 15.2 Å². The minimum Gasteiger partial charge on any atom is -0.490 e. The number of hydrogen-bond donors (Lipinski definition) is 1. The van der Waals surface area contributed by atoms with Gasteiger partial charge in [0.2, 0.25) is 5.91 Å². The van der Waals surface area contributed by atoms with Gasteiger partial charge in [0.15, 0.2) is 0 Å². The maximum absolute atomic E-state index is 12.3. The van der Waals surface area contributed by atoms with Crippen molar-refractivity contribution in [1.29, 1.82) is 0 Å². The van der Waals surface area contributed by atoms with Crippen LogP contribution >= 0.6 is 0 Å². The topological polar surface area (TPSA) is 64.8 Å². The minimum atomic E-state index is -0.232. The number of hydrogen-bond acceptors (Lipinski definition) is 4. The van der Waals surface area contributed by atoms with Crippen LogP contribution in [-0.4, -0.2) is 38.8 Å². The average molecular weight is 264 g/mol. The Hall–Kier alpha value is -1.59. The highest BCUT2D eigenvalue weighted by Gasteiger charge is 2.25. The molecule has 0 aliphatic carbocycles. The molecule has 19 heavy (non-hydrogen) atoms. The quantitative estimate of drug-likeness (QED) is 0.884. The third-order valence-corrected chi connectivity index (χ3v) is 3.28. The van der Waals surface area contributed by atoms with E-state index in [2.05, 4.69) is 0 Å². The molecule has 5 heteroatoms. The Kier molecular flexibility index (Phi) is 4.39. The lowest BCUT2D eigenvalue weighted by atomic mass is 10.1. The van der Waals surface area contributed by atoms with Gasteiger partial charge in [-0.2, -0.15) is 0 Å². The van der Waals surface area contributed by atoms with E-state index in [9.17, 15) is 4.79 Å². The number of amides is 1. The number of nitrogens with zero attached hydrogens (tertiary/aromatic N) is 1. The van der Waals surface area contributed by atoms with Gasteiger partial charge in [0.1, 0.15) is 12.4 Å². The zero-order valence-corrected chi connectivity index (χ0v) is 11.4. The first-order chi connectivity index (χ1) is 9.15. The molecular formula is C14H20N2O3. The number of methoxy groups -OCH3 is 1. The van der Waals surface area contributed by atoms with Crippen LogP contribution in [0.1, 0.15) is 12.0 Å². The summed E-state index contributed by atoms with van der Waals surface area (Å²) < 4.78 is 10.8. The van der Waals surface area contributed by atoms with E-state index in [0.29, 0.717) is 26.1 Å². The summed E-state index contributed by atoms with van der Waals surface area (Å²) in [7, 11) is 1.57. The molecule has 0 saturated heterocycles. The van der Waals surface area contributed by atoms with Gasteiger partial charge in [-0.3, -0.25) is 4.79 Å². The summed E-state index contributed by atoms with van der Waals surface area (Å²) in [5, 5.41) is 0. The first kappa shape index (κ1) is 13.8. The molecule has 0 saturated carbocycles. The molecule has 1 atom stereocenters. The van der Waals surface area contributed by atoms with Gasteiger partial charge < -0.3 is 20.1 Å².